The summed E-state index contributed by atoms with van der Waals surface area (Å²) in [6, 6.07) is 27.3. The minimum atomic E-state index is -0.0491. The molecule has 6 aromatic rings. The number of benzene rings is 4. The maximum absolute atomic E-state index is 13.2. The van der Waals surface area contributed by atoms with Gasteiger partial charge >= 0.3 is 0 Å². The van der Waals surface area contributed by atoms with Crippen molar-refractivity contribution in [3.63, 3.8) is 0 Å². The van der Waals surface area contributed by atoms with Crippen molar-refractivity contribution in [2.75, 3.05) is 0 Å². The van der Waals surface area contributed by atoms with Crippen LogP contribution in [0, 0.1) is 0 Å². The lowest BCUT2D eigenvalue weighted by Crippen LogP contribution is -2.06. The van der Waals surface area contributed by atoms with Gasteiger partial charge in [-0.05, 0) is 53.9 Å². The number of nitrogens with zero attached hydrogens (tertiary/aromatic N) is 4. The zero-order valence-corrected chi connectivity index (χ0v) is 18.4. The van der Waals surface area contributed by atoms with E-state index in [0.717, 1.165) is 44.3 Å². The highest BCUT2D eigenvalue weighted by atomic mass is 16.2. The molecule has 0 radical (unpaired) electrons. The fourth-order valence-electron chi connectivity index (χ4n) is 5.45. The van der Waals surface area contributed by atoms with E-state index in [-0.39, 0.29) is 11.8 Å². The molecule has 35 heavy (non-hydrogen) atoms. The Labute approximate surface area is 199 Å². The normalized spacial score (nSPS) is 13.4. The predicted octanol–water partition coefficient (Wildman–Crippen LogP) is 5.31. The number of imidazole rings is 2. The molecule has 0 saturated heterocycles. The first-order valence-corrected chi connectivity index (χ1v) is 11.5. The fraction of sp³-hybridized carbons (Fsp3) is 0.0345. The summed E-state index contributed by atoms with van der Waals surface area (Å²) in [4.78, 5) is 35.8. The molecule has 164 valence electrons. The van der Waals surface area contributed by atoms with E-state index in [1.54, 1.807) is 9.13 Å². The molecule has 0 spiro atoms. The van der Waals surface area contributed by atoms with Crippen LogP contribution in [0.4, 0.5) is 0 Å². The molecule has 0 fully saturated rings. The van der Waals surface area contributed by atoms with Crippen molar-refractivity contribution in [2.24, 2.45) is 0 Å². The van der Waals surface area contributed by atoms with E-state index in [2.05, 4.69) is 9.97 Å². The van der Waals surface area contributed by atoms with Gasteiger partial charge in [0.15, 0.2) is 0 Å². The topological polar surface area (TPSA) is 69.8 Å². The van der Waals surface area contributed by atoms with Gasteiger partial charge in [0.1, 0.15) is 11.6 Å². The molecule has 0 atom stereocenters. The van der Waals surface area contributed by atoms with Crippen molar-refractivity contribution in [3.05, 3.63) is 107 Å². The highest BCUT2D eigenvalue weighted by molar-refractivity contribution is 6.13. The number of fused-ring (bicyclic) bond motifs is 10. The second kappa shape index (κ2) is 6.39. The summed E-state index contributed by atoms with van der Waals surface area (Å²) in [5.41, 5.74) is 8.37. The molecule has 6 nitrogen and oxygen atoms in total. The third-order valence-electron chi connectivity index (χ3n) is 7.05. The lowest BCUT2D eigenvalue weighted by molar-refractivity contribution is 0.0965. The Hall–Kier alpha value is -4.84. The molecule has 2 aliphatic heterocycles. The first-order valence-electron chi connectivity index (χ1n) is 11.5. The predicted molar refractivity (Wildman–Crippen MR) is 133 cm³/mol. The standard InChI is InChI=1S/C29H16N4O2/c34-28-20-14-16(9-11-18(20)26-30-22-5-1-3-7-24(22)32(26)28)13-17-10-12-19-21(15-17)29(35)33-25-8-4-2-6-23(25)31-27(19)33/h1-12,14-15H,13H2. The van der Waals surface area contributed by atoms with E-state index in [1.165, 1.54) is 0 Å². The van der Waals surface area contributed by atoms with Gasteiger partial charge in [0.2, 0.25) is 0 Å². The van der Waals surface area contributed by atoms with Crippen LogP contribution in [-0.2, 0) is 6.42 Å². The largest absolute Gasteiger partial charge is 0.268 e. The quantitative estimate of drug-likeness (QED) is 0.356. The third-order valence-corrected chi connectivity index (χ3v) is 7.05. The SMILES string of the molecule is O=C1c2cc(Cc3ccc4c(c3)C(=O)n3c-4nc4ccccc43)ccc2-c2nc3ccccc3n21. The fourth-order valence-corrected chi connectivity index (χ4v) is 5.45. The molecule has 0 saturated carbocycles. The number of para-hydroxylation sites is 4. The van der Waals surface area contributed by atoms with Crippen LogP contribution in [-0.4, -0.2) is 30.9 Å². The van der Waals surface area contributed by atoms with Crippen LogP contribution in [0.3, 0.4) is 0 Å². The summed E-state index contributed by atoms with van der Waals surface area (Å²) in [6.45, 7) is 0. The van der Waals surface area contributed by atoms with Crippen LogP contribution in [0.15, 0.2) is 84.9 Å². The second-order valence-electron chi connectivity index (χ2n) is 9.07. The smallest absolute Gasteiger partial charge is 0.264 e. The van der Waals surface area contributed by atoms with E-state index < -0.39 is 0 Å². The number of hydrogen-bond donors (Lipinski definition) is 0. The zero-order valence-electron chi connectivity index (χ0n) is 18.4. The molecule has 4 aromatic carbocycles. The molecule has 2 aromatic heterocycles. The van der Waals surface area contributed by atoms with E-state index in [1.807, 2.05) is 84.9 Å². The average molecular weight is 452 g/mol. The lowest BCUT2D eigenvalue weighted by atomic mass is 9.97. The molecule has 2 aliphatic rings. The number of rotatable bonds is 2. The molecule has 8 rings (SSSR count). The first-order chi connectivity index (χ1) is 17.2. The van der Waals surface area contributed by atoms with Crippen molar-refractivity contribution in [3.8, 4) is 22.8 Å². The van der Waals surface area contributed by atoms with E-state index in [9.17, 15) is 9.59 Å². The second-order valence-corrected chi connectivity index (χ2v) is 9.07. The Balaban J connectivity index is 1.16. The van der Waals surface area contributed by atoms with Crippen LogP contribution in [0.1, 0.15) is 31.8 Å². The highest BCUT2D eigenvalue weighted by Crippen LogP contribution is 2.37. The Bertz CT molecular complexity index is 1790. The average Bonchev–Trinajstić information content (AvgIpc) is 3.59. The molecule has 4 heterocycles. The van der Waals surface area contributed by atoms with Crippen LogP contribution >= 0.6 is 0 Å². The van der Waals surface area contributed by atoms with Crippen molar-refractivity contribution in [1.82, 2.24) is 19.1 Å². The summed E-state index contributed by atoms with van der Waals surface area (Å²) >= 11 is 0. The van der Waals surface area contributed by atoms with Crippen molar-refractivity contribution in [1.29, 1.82) is 0 Å². The number of carbonyl (C=O) groups is 2. The van der Waals surface area contributed by atoms with Crippen molar-refractivity contribution < 1.29 is 9.59 Å². The van der Waals surface area contributed by atoms with Crippen LogP contribution < -0.4 is 0 Å². The summed E-state index contributed by atoms with van der Waals surface area (Å²) in [5, 5.41) is 0. The minimum absolute atomic E-state index is 0.0491. The van der Waals surface area contributed by atoms with E-state index in [0.29, 0.717) is 29.2 Å². The number of hydrogen-bond acceptors (Lipinski definition) is 4. The maximum atomic E-state index is 13.2. The highest BCUT2D eigenvalue weighted by Gasteiger charge is 2.31. The molecule has 0 N–H and O–H groups in total. The monoisotopic (exact) mass is 452 g/mol. The molecule has 0 unspecified atom stereocenters. The molecule has 6 heteroatoms. The van der Waals surface area contributed by atoms with Gasteiger partial charge in [-0.2, -0.15) is 0 Å². The van der Waals surface area contributed by atoms with Crippen molar-refractivity contribution in [2.45, 2.75) is 6.42 Å². The third kappa shape index (κ3) is 2.38. The summed E-state index contributed by atoms with van der Waals surface area (Å²) in [6.07, 6.45) is 0.618. The molecule has 0 aliphatic carbocycles. The molecule has 0 amide bonds. The Morgan fingerprint density at radius 3 is 1.49 bits per heavy atom. The van der Waals surface area contributed by atoms with Gasteiger partial charge in [-0.3, -0.25) is 18.7 Å². The van der Waals surface area contributed by atoms with Gasteiger partial charge in [-0.25, -0.2) is 9.97 Å². The minimum Gasteiger partial charge on any atom is -0.268 e. The van der Waals surface area contributed by atoms with E-state index >= 15 is 0 Å². The van der Waals surface area contributed by atoms with Gasteiger partial charge in [0.25, 0.3) is 11.8 Å². The molecule has 0 bridgehead atoms. The van der Waals surface area contributed by atoms with Crippen LogP contribution in [0.2, 0.25) is 0 Å². The number of carbonyl (C=O) groups excluding carboxylic acids is 2. The van der Waals surface area contributed by atoms with Gasteiger partial charge in [0, 0.05) is 11.1 Å². The summed E-state index contributed by atoms with van der Waals surface area (Å²) in [7, 11) is 0. The molecular weight excluding hydrogens is 436 g/mol. The van der Waals surface area contributed by atoms with Gasteiger partial charge in [-0.15, -0.1) is 0 Å². The van der Waals surface area contributed by atoms with Crippen molar-refractivity contribution >= 4 is 33.9 Å². The van der Waals surface area contributed by atoms with Crippen LogP contribution in [0.5, 0.6) is 0 Å². The Morgan fingerprint density at radius 2 is 1.00 bits per heavy atom. The van der Waals surface area contributed by atoms with E-state index in [4.69, 9.17) is 0 Å². The van der Waals surface area contributed by atoms with Crippen LogP contribution in [0.25, 0.3) is 44.8 Å². The Morgan fingerprint density at radius 1 is 0.543 bits per heavy atom. The Kier molecular flexibility index (Phi) is 3.39. The number of aromatic nitrogens is 4. The maximum Gasteiger partial charge on any atom is 0.264 e. The van der Waals surface area contributed by atoms with Gasteiger partial charge < -0.3 is 0 Å². The molecular formula is C29H16N4O2. The summed E-state index contributed by atoms with van der Waals surface area (Å²) in [5.74, 6) is 1.30. The van der Waals surface area contributed by atoms with Gasteiger partial charge in [-0.1, -0.05) is 48.5 Å². The summed E-state index contributed by atoms with van der Waals surface area (Å²) < 4.78 is 3.40. The first kappa shape index (κ1) is 18.6. The lowest BCUT2D eigenvalue weighted by Gasteiger charge is -2.06. The van der Waals surface area contributed by atoms with Gasteiger partial charge in [0.05, 0.1) is 33.2 Å². The zero-order chi connectivity index (χ0) is 23.3.